The number of ketones is 1. The second-order valence-electron chi connectivity index (χ2n) is 7.57. The molecule has 0 radical (unpaired) electrons. The predicted molar refractivity (Wildman–Crippen MR) is 117 cm³/mol. The number of hydrogen-bond donors (Lipinski definition) is 0. The molecule has 1 aromatic heterocycles. The van der Waals surface area contributed by atoms with Crippen LogP contribution in [0.15, 0.2) is 77.5 Å². The zero-order valence-corrected chi connectivity index (χ0v) is 16.8. The van der Waals surface area contributed by atoms with Gasteiger partial charge in [0, 0.05) is 17.2 Å². The van der Waals surface area contributed by atoms with E-state index in [1.165, 1.54) is 11.3 Å². The smallest absolute Gasteiger partial charge is 0.185 e. The lowest BCUT2D eigenvalue weighted by Gasteiger charge is -2.35. The second kappa shape index (κ2) is 6.99. The molecule has 0 amide bonds. The molecule has 30 heavy (non-hydrogen) atoms. The largest absolute Gasteiger partial charge is 0.351 e. The summed E-state index contributed by atoms with van der Waals surface area (Å²) >= 11 is 1.51. The number of para-hydroxylation sites is 1. The van der Waals surface area contributed by atoms with E-state index >= 15 is 0 Å². The highest BCUT2D eigenvalue weighted by Gasteiger charge is 2.63. The molecule has 5 rings (SSSR count). The Bertz CT molecular complexity index is 1200. The van der Waals surface area contributed by atoms with Crippen LogP contribution >= 0.6 is 11.3 Å². The van der Waals surface area contributed by atoms with Gasteiger partial charge in [-0.3, -0.25) is 4.79 Å². The number of carbonyl (C=O) groups is 1. The lowest BCUT2D eigenvalue weighted by molar-refractivity contribution is 0.0951. The van der Waals surface area contributed by atoms with Crippen LogP contribution in [0.1, 0.15) is 27.4 Å². The number of anilines is 1. The van der Waals surface area contributed by atoms with Crippen molar-refractivity contribution in [3.8, 4) is 12.1 Å². The maximum Gasteiger partial charge on any atom is 0.185 e. The van der Waals surface area contributed by atoms with Gasteiger partial charge in [-0.05, 0) is 34.0 Å². The van der Waals surface area contributed by atoms with Crippen molar-refractivity contribution in [2.45, 2.75) is 18.0 Å². The number of nitrogens with zero attached hydrogens (tertiary/aromatic N) is 3. The zero-order chi connectivity index (χ0) is 20.7. The monoisotopic (exact) mass is 407 g/mol. The molecule has 0 saturated carbocycles. The van der Waals surface area contributed by atoms with Crippen LogP contribution in [0.25, 0.3) is 6.08 Å². The molecular weight excluding hydrogens is 390 g/mol. The minimum Gasteiger partial charge on any atom is -0.351 e. The van der Waals surface area contributed by atoms with E-state index in [1.807, 2.05) is 76.3 Å². The van der Waals surface area contributed by atoms with Crippen LogP contribution in [-0.4, -0.2) is 17.9 Å². The van der Waals surface area contributed by atoms with Crippen molar-refractivity contribution >= 4 is 28.9 Å². The van der Waals surface area contributed by atoms with Gasteiger partial charge in [0.25, 0.3) is 0 Å². The molecule has 2 aliphatic rings. The van der Waals surface area contributed by atoms with Crippen molar-refractivity contribution in [3.05, 3.63) is 94.2 Å². The summed E-state index contributed by atoms with van der Waals surface area (Å²) in [5.74, 6) is -0.637. The van der Waals surface area contributed by atoms with Gasteiger partial charge in [-0.15, -0.1) is 0 Å². The van der Waals surface area contributed by atoms with Crippen molar-refractivity contribution in [1.82, 2.24) is 0 Å². The van der Waals surface area contributed by atoms with Gasteiger partial charge in [-0.25, -0.2) is 0 Å². The first-order chi connectivity index (χ1) is 14.7. The van der Waals surface area contributed by atoms with Gasteiger partial charge in [0.15, 0.2) is 11.2 Å². The average Bonchev–Trinajstić information content (AvgIpc) is 3.43. The van der Waals surface area contributed by atoms with E-state index in [0.717, 1.165) is 16.8 Å². The Balaban J connectivity index is 1.78. The molecule has 0 bridgehead atoms. The molecule has 3 atom stereocenters. The minimum absolute atomic E-state index is 0.0747. The summed E-state index contributed by atoms with van der Waals surface area (Å²) < 4.78 is 0. The molecular formula is C25H17N3OS. The Morgan fingerprint density at radius 3 is 2.43 bits per heavy atom. The molecule has 2 aromatic carbocycles. The molecule has 0 unspecified atom stereocenters. The summed E-state index contributed by atoms with van der Waals surface area (Å²) in [4.78, 5) is 15.9. The maximum atomic E-state index is 13.9. The van der Waals surface area contributed by atoms with Crippen LogP contribution in [0.4, 0.5) is 5.69 Å². The lowest BCUT2D eigenvalue weighted by atomic mass is 9.69. The molecule has 0 N–H and O–H groups in total. The molecule has 5 heteroatoms. The number of rotatable bonds is 3. The van der Waals surface area contributed by atoms with Crippen molar-refractivity contribution < 1.29 is 4.79 Å². The third-order valence-electron chi connectivity index (χ3n) is 6.14. The molecule has 4 nitrogen and oxygen atoms in total. The molecule has 0 aliphatic carbocycles. The van der Waals surface area contributed by atoms with Crippen LogP contribution in [0, 0.1) is 28.1 Å². The SMILES string of the molecule is N#CC1(C#N)[C@H](c2ccsc2)[C@@H](C(=O)c2ccccc2)N2c3ccccc3C=C[C@@H]21. The fourth-order valence-electron chi connectivity index (χ4n) is 4.83. The third-order valence-corrected chi connectivity index (χ3v) is 6.85. The summed E-state index contributed by atoms with van der Waals surface area (Å²) in [7, 11) is 0. The van der Waals surface area contributed by atoms with Crippen LogP contribution in [0.5, 0.6) is 0 Å². The highest BCUT2D eigenvalue weighted by atomic mass is 32.1. The van der Waals surface area contributed by atoms with Gasteiger partial charge in [0.1, 0.15) is 6.04 Å². The van der Waals surface area contributed by atoms with Crippen LogP contribution in [0.3, 0.4) is 0 Å². The number of nitriles is 2. The van der Waals surface area contributed by atoms with Crippen molar-refractivity contribution in [1.29, 1.82) is 10.5 Å². The highest BCUT2D eigenvalue weighted by molar-refractivity contribution is 7.08. The van der Waals surface area contributed by atoms with E-state index < -0.39 is 23.4 Å². The first-order valence-corrected chi connectivity index (χ1v) is 10.6. The Hall–Kier alpha value is -3.67. The van der Waals surface area contributed by atoms with Crippen LogP contribution < -0.4 is 4.90 Å². The van der Waals surface area contributed by atoms with Gasteiger partial charge in [-0.1, -0.05) is 60.7 Å². The van der Waals surface area contributed by atoms with E-state index in [4.69, 9.17) is 0 Å². The van der Waals surface area contributed by atoms with Crippen LogP contribution in [-0.2, 0) is 0 Å². The number of fused-ring (bicyclic) bond motifs is 3. The topological polar surface area (TPSA) is 67.9 Å². The van der Waals surface area contributed by atoms with Crippen molar-refractivity contribution in [3.63, 3.8) is 0 Å². The summed E-state index contributed by atoms with van der Waals surface area (Å²) in [6, 6.07) is 22.4. The molecule has 3 aromatic rings. The number of hydrogen-bond acceptors (Lipinski definition) is 5. The second-order valence-corrected chi connectivity index (χ2v) is 8.35. The summed E-state index contributed by atoms with van der Waals surface area (Å²) in [6.07, 6.45) is 3.87. The summed E-state index contributed by atoms with van der Waals surface area (Å²) in [5, 5.41) is 24.5. The van der Waals surface area contributed by atoms with E-state index in [2.05, 4.69) is 12.1 Å². The fourth-order valence-corrected chi connectivity index (χ4v) is 5.53. The first kappa shape index (κ1) is 18.4. The Kier molecular flexibility index (Phi) is 4.28. The Labute approximate surface area is 178 Å². The van der Waals surface area contributed by atoms with Crippen molar-refractivity contribution in [2.24, 2.45) is 5.41 Å². The summed E-state index contributed by atoms with van der Waals surface area (Å²) in [5.41, 5.74) is 1.93. The van der Waals surface area contributed by atoms with Gasteiger partial charge >= 0.3 is 0 Å². The molecule has 144 valence electrons. The number of Topliss-reactive ketones (excluding diaryl/α,β-unsaturated/α-hetero) is 1. The Morgan fingerprint density at radius 2 is 1.73 bits per heavy atom. The molecule has 2 aliphatic heterocycles. The van der Waals surface area contributed by atoms with Gasteiger partial charge < -0.3 is 4.90 Å². The normalized spacial score (nSPS) is 23.1. The highest BCUT2D eigenvalue weighted by Crippen LogP contribution is 2.55. The standard InChI is InChI=1S/C25H17N3OS/c26-15-25(16-27)21-11-10-17-6-4-5-9-20(17)28(21)23(22(25)19-12-13-30-14-19)24(29)18-7-2-1-3-8-18/h1-14,21-23H/t21-,22-,23+/m1/s1. The van der Waals surface area contributed by atoms with E-state index in [0.29, 0.717) is 5.56 Å². The predicted octanol–water partition coefficient (Wildman–Crippen LogP) is 5.03. The van der Waals surface area contributed by atoms with Gasteiger partial charge in [0.2, 0.25) is 0 Å². The Morgan fingerprint density at radius 1 is 1.00 bits per heavy atom. The summed E-state index contributed by atoms with van der Waals surface area (Å²) in [6.45, 7) is 0. The zero-order valence-electron chi connectivity index (χ0n) is 16.0. The maximum absolute atomic E-state index is 13.9. The number of thiophene rings is 1. The third kappa shape index (κ3) is 2.46. The fraction of sp³-hybridized carbons (Fsp3) is 0.160. The van der Waals surface area contributed by atoms with Crippen molar-refractivity contribution in [2.75, 3.05) is 4.90 Å². The van der Waals surface area contributed by atoms with Gasteiger partial charge in [0.05, 0.1) is 18.2 Å². The van der Waals surface area contributed by atoms with E-state index in [1.54, 1.807) is 12.1 Å². The minimum atomic E-state index is -1.37. The van der Waals surface area contributed by atoms with Gasteiger partial charge in [-0.2, -0.15) is 21.9 Å². The van der Waals surface area contributed by atoms with Crippen LogP contribution in [0.2, 0.25) is 0 Å². The van der Waals surface area contributed by atoms with E-state index in [9.17, 15) is 15.3 Å². The molecule has 1 saturated heterocycles. The lowest BCUT2D eigenvalue weighted by Crippen LogP contribution is -2.44. The molecule has 0 spiro atoms. The average molecular weight is 407 g/mol. The number of carbonyl (C=O) groups excluding carboxylic acids is 1. The molecule has 3 heterocycles. The number of benzene rings is 2. The quantitative estimate of drug-likeness (QED) is 0.571. The molecule has 1 fully saturated rings. The van der Waals surface area contributed by atoms with E-state index in [-0.39, 0.29) is 5.78 Å². The first-order valence-electron chi connectivity index (χ1n) is 9.70.